The highest BCUT2D eigenvalue weighted by Crippen LogP contribution is 2.42. The third kappa shape index (κ3) is 3.90. The largest absolute Gasteiger partial charge is 0.465 e. The zero-order chi connectivity index (χ0) is 21.3. The Bertz CT molecular complexity index is 1160. The van der Waals surface area contributed by atoms with Gasteiger partial charge in [0.15, 0.2) is 5.75 Å². The Balaban J connectivity index is 1.61. The minimum absolute atomic E-state index is 0.00509. The highest BCUT2D eigenvalue weighted by Gasteiger charge is 2.32. The van der Waals surface area contributed by atoms with Crippen molar-refractivity contribution in [2.24, 2.45) is 0 Å². The van der Waals surface area contributed by atoms with Crippen LogP contribution in [0.2, 0.25) is 10.0 Å². The lowest BCUT2D eigenvalue weighted by Gasteiger charge is -2.17. The van der Waals surface area contributed by atoms with Gasteiger partial charge in [0.05, 0.1) is 22.3 Å². The first-order chi connectivity index (χ1) is 14.5. The predicted octanol–water partition coefficient (Wildman–Crippen LogP) is 5.38. The SMILES string of the molecule is [C-]#[N+]c1cccc(Cl)c1Oc1cc([C@H]2CC(=O)N(c3cc[n+](O)cc3)C2)ccc1Cl. The first-order valence-corrected chi connectivity index (χ1v) is 9.86. The Morgan fingerprint density at radius 3 is 2.63 bits per heavy atom. The molecule has 2 aromatic carbocycles. The van der Waals surface area contributed by atoms with Gasteiger partial charge in [0.2, 0.25) is 24.0 Å². The third-order valence-corrected chi connectivity index (χ3v) is 5.55. The fourth-order valence-corrected chi connectivity index (χ4v) is 3.78. The molecule has 1 saturated heterocycles. The summed E-state index contributed by atoms with van der Waals surface area (Å²) in [5.74, 6) is 0.567. The number of rotatable bonds is 4. The van der Waals surface area contributed by atoms with Gasteiger partial charge in [-0.15, -0.1) is 0 Å². The predicted molar refractivity (Wildman–Crippen MR) is 113 cm³/mol. The molecule has 1 atom stereocenters. The summed E-state index contributed by atoms with van der Waals surface area (Å²) >= 11 is 12.5. The molecule has 0 bridgehead atoms. The lowest BCUT2D eigenvalue weighted by Crippen LogP contribution is -2.30. The Labute approximate surface area is 183 Å². The number of hydrogen-bond acceptors (Lipinski definition) is 3. The minimum Gasteiger partial charge on any atom is -0.465 e. The molecule has 2 heterocycles. The van der Waals surface area contributed by atoms with E-state index in [0.29, 0.717) is 28.8 Å². The Morgan fingerprint density at radius 2 is 1.90 bits per heavy atom. The summed E-state index contributed by atoms with van der Waals surface area (Å²) in [4.78, 5) is 17.7. The molecule has 0 saturated carbocycles. The zero-order valence-corrected chi connectivity index (χ0v) is 17.1. The molecule has 3 aromatic rings. The molecule has 1 aromatic heterocycles. The smallest absolute Gasteiger partial charge is 0.230 e. The van der Waals surface area contributed by atoms with Gasteiger partial charge >= 0.3 is 0 Å². The van der Waals surface area contributed by atoms with E-state index < -0.39 is 0 Å². The average molecular weight is 441 g/mol. The molecule has 1 amide bonds. The van der Waals surface area contributed by atoms with E-state index in [9.17, 15) is 10.0 Å². The topological polar surface area (TPSA) is 58.0 Å². The summed E-state index contributed by atoms with van der Waals surface area (Å²) in [7, 11) is 0. The van der Waals surface area contributed by atoms with Gasteiger partial charge in [-0.2, -0.15) is 0 Å². The van der Waals surface area contributed by atoms with E-state index in [4.69, 9.17) is 34.5 Å². The molecule has 1 N–H and O–H groups in total. The molecule has 1 aliphatic heterocycles. The van der Waals surface area contributed by atoms with Crippen molar-refractivity contribution in [1.29, 1.82) is 0 Å². The molecule has 150 valence electrons. The zero-order valence-electron chi connectivity index (χ0n) is 15.6. The first kappa shape index (κ1) is 20.0. The number of pyridine rings is 1. The van der Waals surface area contributed by atoms with E-state index in [-0.39, 0.29) is 23.3 Å². The van der Waals surface area contributed by atoms with Crippen molar-refractivity contribution in [3.8, 4) is 11.5 Å². The second-order valence-electron chi connectivity index (χ2n) is 6.83. The van der Waals surface area contributed by atoms with Crippen molar-refractivity contribution in [2.45, 2.75) is 12.3 Å². The van der Waals surface area contributed by atoms with Crippen LogP contribution in [0.25, 0.3) is 4.85 Å². The molecule has 0 unspecified atom stereocenters. The van der Waals surface area contributed by atoms with Crippen molar-refractivity contribution >= 4 is 40.5 Å². The number of hydrogen-bond donors (Lipinski definition) is 1. The van der Waals surface area contributed by atoms with Crippen molar-refractivity contribution < 1.29 is 19.5 Å². The maximum absolute atomic E-state index is 12.6. The highest BCUT2D eigenvalue weighted by atomic mass is 35.5. The second-order valence-corrected chi connectivity index (χ2v) is 7.65. The van der Waals surface area contributed by atoms with Crippen LogP contribution in [0.3, 0.4) is 0 Å². The average Bonchev–Trinajstić information content (AvgIpc) is 3.13. The molecule has 4 rings (SSSR count). The van der Waals surface area contributed by atoms with Crippen LogP contribution in [0.4, 0.5) is 11.4 Å². The summed E-state index contributed by atoms with van der Waals surface area (Å²) < 4.78 is 6.83. The van der Waals surface area contributed by atoms with Crippen LogP contribution in [0.5, 0.6) is 11.5 Å². The number of benzene rings is 2. The molecule has 0 radical (unpaired) electrons. The molecule has 1 aliphatic rings. The molecular formula is C22H16Cl2N3O3+. The van der Waals surface area contributed by atoms with E-state index >= 15 is 0 Å². The summed E-state index contributed by atoms with van der Waals surface area (Å²) in [5, 5.41) is 10.1. The number of carbonyl (C=O) groups excluding carboxylic acids is 1. The Kier molecular flexibility index (Phi) is 5.49. The van der Waals surface area contributed by atoms with Crippen molar-refractivity contribution in [1.82, 2.24) is 0 Å². The summed E-state index contributed by atoms with van der Waals surface area (Å²) in [6.07, 6.45) is 3.29. The van der Waals surface area contributed by atoms with E-state index in [1.54, 1.807) is 47.4 Å². The van der Waals surface area contributed by atoms with Crippen LogP contribution in [0.1, 0.15) is 17.9 Å². The summed E-state index contributed by atoms with van der Waals surface area (Å²) in [5.41, 5.74) is 1.90. The van der Waals surface area contributed by atoms with Crippen molar-refractivity contribution in [3.63, 3.8) is 0 Å². The van der Waals surface area contributed by atoms with Gasteiger partial charge in [-0.25, -0.2) is 4.85 Å². The molecular weight excluding hydrogens is 425 g/mol. The van der Waals surface area contributed by atoms with E-state index in [0.717, 1.165) is 16.0 Å². The van der Waals surface area contributed by atoms with Crippen LogP contribution < -0.4 is 14.4 Å². The van der Waals surface area contributed by atoms with Crippen LogP contribution in [-0.4, -0.2) is 17.7 Å². The van der Waals surface area contributed by atoms with E-state index in [1.165, 1.54) is 12.4 Å². The maximum Gasteiger partial charge on any atom is 0.230 e. The second kappa shape index (κ2) is 8.23. The van der Waals surface area contributed by atoms with Crippen molar-refractivity contribution in [2.75, 3.05) is 11.4 Å². The number of halogens is 2. The normalized spacial score (nSPS) is 15.8. The summed E-state index contributed by atoms with van der Waals surface area (Å²) in [6, 6.07) is 13.7. The van der Waals surface area contributed by atoms with Gasteiger partial charge in [-0.3, -0.25) is 10.0 Å². The molecule has 0 aliphatic carbocycles. The maximum atomic E-state index is 12.6. The molecule has 1 fully saturated rings. The number of ether oxygens (including phenoxy) is 1. The van der Waals surface area contributed by atoms with Crippen LogP contribution in [0, 0.1) is 6.57 Å². The highest BCUT2D eigenvalue weighted by molar-refractivity contribution is 6.33. The third-order valence-electron chi connectivity index (χ3n) is 4.94. The molecule has 0 spiro atoms. The monoisotopic (exact) mass is 440 g/mol. The van der Waals surface area contributed by atoms with Crippen LogP contribution in [0.15, 0.2) is 60.9 Å². The number of aromatic nitrogens is 1. The minimum atomic E-state index is -0.0508. The Morgan fingerprint density at radius 1 is 1.13 bits per heavy atom. The van der Waals surface area contributed by atoms with Gasteiger partial charge in [0, 0.05) is 35.7 Å². The molecule has 30 heavy (non-hydrogen) atoms. The van der Waals surface area contributed by atoms with E-state index in [2.05, 4.69) is 4.85 Å². The van der Waals surface area contributed by atoms with Gasteiger partial charge < -0.3 is 9.64 Å². The molecule has 6 nitrogen and oxygen atoms in total. The number of nitrogens with zero attached hydrogens (tertiary/aromatic N) is 3. The Hall–Kier alpha value is -3.27. The van der Waals surface area contributed by atoms with Crippen LogP contribution in [-0.2, 0) is 4.79 Å². The number of anilines is 1. The fraction of sp³-hybridized carbons (Fsp3) is 0.136. The van der Waals surface area contributed by atoms with Gasteiger partial charge in [-0.05, 0) is 23.8 Å². The van der Waals surface area contributed by atoms with Gasteiger partial charge in [0.1, 0.15) is 5.75 Å². The lowest BCUT2D eigenvalue weighted by atomic mass is 9.98. The summed E-state index contributed by atoms with van der Waals surface area (Å²) in [6.45, 7) is 7.81. The van der Waals surface area contributed by atoms with Gasteiger partial charge in [-0.1, -0.05) is 41.4 Å². The molecule has 8 heteroatoms. The van der Waals surface area contributed by atoms with E-state index in [1.807, 2.05) is 6.07 Å². The van der Waals surface area contributed by atoms with Gasteiger partial charge in [0.25, 0.3) is 0 Å². The first-order valence-electron chi connectivity index (χ1n) is 9.10. The number of para-hydroxylation sites is 1. The standard InChI is InChI=1S/C22H16Cl2N3O3/c1-25-19-4-2-3-18(24)22(19)30-20-11-14(5-6-17(20)23)15-12-21(28)27(13-15)16-7-9-26(29)10-8-16/h2-11,15,29H,12-13H2/q+1/t15-/m0/s1. The lowest BCUT2D eigenvalue weighted by molar-refractivity contribution is -0.904. The van der Waals surface area contributed by atoms with Crippen molar-refractivity contribution in [3.05, 3.63) is 88.0 Å². The fourth-order valence-electron chi connectivity index (χ4n) is 3.42. The van der Waals surface area contributed by atoms with Crippen LogP contribution >= 0.6 is 23.2 Å². The quantitative estimate of drug-likeness (QED) is 0.336. The number of carbonyl (C=O) groups is 1. The number of amides is 1.